The van der Waals surface area contributed by atoms with E-state index in [1.165, 1.54) is 6.92 Å². The predicted octanol–water partition coefficient (Wildman–Crippen LogP) is 3.38. The molecule has 0 heterocycles. The Labute approximate surface area is 145 Å². The summed E-state index contributed by atoms with van der Waals surface area (Å²) in [5, 5.41) is 0. The number of ether oxygens (including phenoxy) is 1. The van der Waals surface area contributed by atoms with Gasteiger partial charge in [-0.3, -0.25) is 19.2 Å². The van der Waals surface area contributed by atoms with Crippen LogP contribution in [-0.4, -0.2) is 29.4 Å². The van der Waals surface area contributed by atoms with E-state index < -0.39 is 29.8 Å². The van der Waals surface area contributed by atoms with Gasteiger partial charge in [0.1, 0.15) is 29.4 Å². The molecule has 0 amide bonds. The lowest BCUT2D eigenvalue weighted by molar-refractivity contribution is -0.163. The van der Waals surface area contributed by atoms with Crippen LogP contribution in [0.4, 0.5) is 0 Å². The Kier molecular flexibility index (Phi) is 9.71. The van der Waals surface area contributed by atoms with Crippen LogP contribution in [0.15, 0.2) is 0 Å². The molecule has 0 saturated heterocycles. The molecule has 5 atom stereocenters. The first kappa shape index (κ1) is 22.5. The SMILES string of the molecule is CCC(=O)C(C)C(=O)OC(C(C)C(=O)CC)C(C)C(=O)C(C)CC. The number of hydrogen-bond donors (Lipinski definition) is 0. The first-order valence-electron chi connectivity index (χ1n) is 8.91. The highest BCUT2D eigenvalue weighted by molar-refractivity contribution is 5.98. The highest BCUT2D eigenvalue weighted by Crippen LogP contribution is 2.25. The average Bonchev–Trinajstić information content (AvgIpc) is 2.60. The number of hydrogen-bond acceptors (Lipinski definition) is 5. The first-order valence-corrected chi connectivity index (χ1v) is 8.91. The van der Waals surface area contributed by atoms with Gasteiger partial charge in [0.15, 0.2) is 0 Å². The number of esters is 1. The predicted molar refractivity (Wildman–Crippen MR) is 92.4 cm³/mol. The molecule has 5 heteroatoms. The fourth-order valence-corrected chi connectivity index (χ4v) is 2.63. The van der Waals surface area contributed by atoms with Gasteiger partial charge in [0.2, 0.25) is 0 Å². The van der Waals surface area contributed by atoms with Crippen molar-refractivity contribution < 1.29 is 23.9 Å². The summed E-state index contributed by atoms with van der Waals surface area (Å²) in [6.45, 7) is 12.0. The fourth-order valence-electron chi connectivity index (χ4n) is 2.63. The minimum Gasteiger partial charge on any atom is -0.460 e. The molecule has 0 spiro atoms. The molecule has 138 valence electrons. The number of rotatable bonds is 11. The van der Waals surface area contributed by atoms with Crippen LogP contribution in [0.5, 0.6) is 0 Å². The number of ketones is 3. The molecule has 0 aromatic heterocycles. The molecule has 0 aliphatic rings. The van der Waals surface area contributed by atoms with Crippen LogP contribution in [0.3, 0.4) is 0 Å². The van der Waals surface area contributed by atoms with Crippen molar-refractivity contribution in [1.29, 1.82) is 0 Å². The van der Waals surface area contributed by atoms with E-state index in [1.807, 2.05) is 13.8 Å². The van der Waals surface area contributed by atoms with Gasteiger partial charge in [0.25, 0.3) is 0 Å². The van der Waals surface area contributed by atoms with E-state index in [9.17, 15) is 19.2 Å². The van der Waals surface area contributed by atoms with Crippen LogP contribution in [0.25, 0.3) is 0 Å². The standard InChI is InChI=1S/C19H32O5/c1-8-11(4)17(22)14(7)18(12(5)15(20)9-2)24-19(23)13(6)16(21)10-3/h11-14,18H,8-10H2,1-7H3. The largest absolute Gasteiger partial charge is 0.460 e. The summed E-state index contributed by atoms with van der Waals surface area (Å²) in [5.41, 5.74) is 0. The van der Waals surface area contributed by atoms with Gasteiger partial charge in [-0.15, -0.1) is 0 Å². The van der Waals surface area contributed by atoms with E-state index in [-0.39, 0.29) is 29.7 Å². The maximum atomic E-state index is 12.5. The Bertz CT molecular complexity index is 468. The Balaban J connectivity index is 5.41. The Hall–Kier alpha value is -1.52. The lowest BCUT2D eigenvalue weighted by Gasteiger charge is -2.30. The number of carbonyl (C=O) groups excluding carboxylic acids is 4. The van der Waals surface area contributed by atoms with Crippen molar-refractivity contribution in [3.63, 3.8) is 0 Å². The topological polar surface area (TPSA) is 77.5 Å². The van der Waals surface area contributed by atoms with Gasteiger partial charge < -0.3 is 4.74 Å². The molecule has 0 radical (unpaired) electrons. The lowest BCUT2D eigenvalue weighted by atomic mass is 9.82. The summed E-state index contributed by atoms with van der Waals surface area (Å²) in [6.07, 6.45) is 0.401. The molecular weight excluding hydrogens is 308 g/mol. The molecule has 0 aliphatic carbocycles. The van der Waals surface area contributed by atoms with Crippen LogP contribution in [0, 0.1) is 23.7 Å². The lowest BCUT2D eigenvalue weighted by Crippen LogP contribution is -2.42. The van der Waals surface area contributed by atoms with Crippen molar-refractivity contribution in [3.05, 3.63) is 0 Å². The van der Waals surface area contributed by atoms with E-state index in [0.717, 1.165) is 0 Å². The Morgan fingerprint density at radius 2 is 1.29 bits per heavy atom. The zero-order valence-corrected chi connectivity index (χ0v) is 16.0. The quantitative estimate of drug-likeness (QED) is 0.425. The van der Waals surface area contributed by atoms with E-state index in [2.05, 4.69) is 0 Å². The van der Waals surface area contributed by atoms with Gasteiger partial charge in [-0.05, 0) is 13.3 Å². The molecule has 0 bridgehead atoms. The van der Waals surface area contributed by atoms with Gasteiger partial charge in [-0.25, -0.2) is 0 Å². The van der Waals surface area contributed by atoms with Crippen molar-refractivity contribution >= 4 is 23.3 Å². The summed E-state index contributed by atoms with van der Waals surface area (Å²) < 4.78 is 5.50. The average molecular weight is 340 g/mol. The zero-order valence-electron chi connectivity index (χ0n) is 16.0. The second-order valence-electron chi connectivity index (χ2n) is 6.55. The summed E-state index contributed by atoms with van der Waals surface area (Å²) in [5.74, 6) is -3.18. The molecule has 5 unspecified atom stereocenters. The molecule has 0 fully saturated rings. The van der Waals surface area contributed by atoms with Crippen LogP contribution in [0.1, 0.15) is 67.7 Å². The third kappa shape index (κ3) is 5.84. The van der Waals surface area contributed by atoms with Crippen molar-refractivity contribution in [2.75, 3.05) is 0 Å². The van der Waals surface area contributed by atoms with Crippen molar-refractivity contribution in [2.45, 2.75) is 73.8 Å². The molecular formula is C19H32O5. The highest BCUT2D eigenvalue weighted by atomic mass is 16.5. The Morgan fingerprint density at radius 3 is 1.71 bits per heavy atom. The van der Waals surface area contributed by atoms with E-state index in [1.54, 1.807) is 27.7 Å². The van der Waals surface area contributed by atoms with Crippen LogP contribution in [0.2, 0.25) is 0 Å². The van der Waals surface area contributed by atoms with Crippen LogP contribution >= 0.6 is 0 Å². The van der Waals surface area contributed by atoms with Crippen LogP contribution in [-0.2, 0) is 23.9 Å². The maximum Gasteiger partial charge on any atom is 0.316 e. The zero-order chi connectivity index (χ0) is 19.0. The minimum absolute atomic E-state index is 0.0273. The summed E-state index contributed by atoms with van der Waals surface area (Å²) in [6, 6.07) is 0. The maximum absolute atomic E-state index is 12.5. The van der Waals surface area contributed by atoms with Gasteiger partial charge in [0, 0.05) is 18.8 Å². The van der Waals surface area contributed by atoms with Gasteiger partial charge >= 0.3 is 5.97 Å². The smallest absolute Gasteiger partial charge is 0.316 e. The molecule has 0 rings (SSSR count). The Morgan fingerprint density at radius 1 is 0.792 bits per heavy atom. The number of Topliss-reactive ketones (excluding diaryl/α,β-unsaturated/α-hetero) is 3. The molecule has 0 N–H and O–H groups in total. The molecule has 0 saturated carbocycles. The van der Waals surface area contributed by atoms with E-state index >= 15 is 0 Å². The van der Waals surface area contributed by atoms with E-state index in [4.69, 9.17) is 4.74 Å². The monoisotopic (exact) mass is 340 g/mol. The highest BCUT2D eigenvalue weighted by Gasteiger charge is 2.37. The molecule has 0 aliphatic heterocycles. The van der Waals surface area contributed by atoms with Crippen molar-refractivity contribution in [3.8, 4) is 0 Å². The van der Waals surface area contributed by atoms with Crippen molar-refractivity contribution in [2.24, 2.45) is 23.7 Å². The summed E-state index contributed by atoms with van der Waals surface area (Å²) in [7, 11) is 0. The fraction of sp³-hybridized carbons (Fsp3) is 0.789. The molecule has 5 nitrogen and oxygen atoms in total. The van der Waals surface area contributed by atoms with E-state index in [0.29, 0.717) is 12.8 Å². The second-order valence-corrected chi connectivity index (χ2v) is 6.55. The van der Waals surface area contributed by atoms with Crippen LogP contribution < -0.4 is 0 Å². The normalized spacial score (nSPS) is 17.3. The molecule has 0 aromatic carbocycles. The van der Waals surface area contributed by atoms with Gasteiger partial charge in [-0.1, -0.05) is 41.5 Å². The summed E-state index contributed by atoms with van der Waals surface area (Å²) >= 11 is 0. The minimum atomic E-state index is -0.882. The third-order valence-electron chi connectivity index (χ3n) is 4.83. The second kappa shape index (κ2) is 10.4. The number of carbonyl (C=O) groups is 4. The molecule has 24 heavy (non-hydrogen) atoms. The first-order chi connectivity index (χ1) is 11.1. The van der Waals surface area contributed by atoms with Crippen molar-refractivity contribution in [1.82, 2.24) is 0 Å². The third-order valence-corrected chi connectivity index (χ3v) is 4.83. The summed E-state index contributed by atoms with van der Waals surface area (Å²) in [4.78, 5) is 48.6. The van der Waals surface area contributed by atoms with Gasteiger partial charge in [0.05, 0.1) is 11.8 Å². The van der Waals surface area contributed by atoms with Gasteiger partial charge in [-0.2, -0.15) is 0 Å². The molecule has 0 aromatic rings.